The van der Waals surface area contributed by atoms with E-state index in [1.807, 2.05) is 0 Å². The topological polar surface area (TPSA) is 76.0 Å². The van der Waals surface area contributed by atoms with Crippen LogP contribution in [0.15, 0.2) is 18.2 Å². The largest absolute Gasteiger partial charge is 0.497 e. The van der Waals surface area contributed by atoms with Crippen molar-refractivity contribution in [3.05, 3.63) is 29.3 Å². The second-order valence-corrected chi connectivity index (χ2v) is 4.09. The lowest BCUT2D eigenvalue weighted by Gasteiger charge is -2.21. The van der Waals surface area contributed by atoms with Gasteiger partial charge in [-0.2, -0.15) is 13.2 Å². The Kier molecular flexibility index (Phi) is 5.56. The van der Waals surface area contributed by atoms with Crippen LogP contribution >= 0.6 is 0 Å². The molecule has 1 rings (SSSR count). The van der Waals surface area contributed by atoms with Crippen molar-refractivity contribution >= 4 is 5.97 Å². The molecule has 0 spiro atoms. The van der Waals surface area contributed by atoms with Gasteiger partial charge >= 0.3 is 12.1 Å². The van der Waals surface area contributed by atoms with Crippen molar-refractivity contribution in [2.24, 2.45) is 0 Å². The molecule has 0 saturated heterocycles. The Balaban J connectivity index is 3.20. The van der Waals surface area contributed by atoms with Gasteiger partial charge < -0.3 is 19.7 Å². The third-order valence-corrected chi connectivity index (χ3v) is 2.71. The first-order valence-electron chi connectivity index (χ1n) is 6.00. The van der Waals surface area contributed by atoms with Crippen molar-refractivity contribution in [1.82, 2.24) is 0 Å². The standard InChI is InChI=1S/C13H15F3O5/c1-3-21-12(19)11(18)10(17)8-5-4-7(20-2)6-9(8)13(14,15)16/h4-6,10-11,17-18H,3H2,1-2H3. The quantitative estimate of drug-likeness (QED) is 0.809. The number of benzene rings is 1. The number of carbonyl (C=O) groups is 1. The van der Waals surface area contributed by atoms with E-state index in [0.717, 1.165) is 6.07 Å². The molecule has 2 atom stereocenters. The monoisotopic (exact) mass is 308 g/mol. The summed E-state index contributed by atoms with van der Waals surface area (Å²) in [6, 6.07) is 2.80. The third kappa shape index (κ3) is 4.08. The van der Waals surface area contributed by atoms with Gasteiger partial charge in [0.1, 0.15) is 11.9 Å². The third-order valence-electron chi connectivity index (χ3n) is 2.71. The number of halogens is 3. The van der Waals surface area contributed by atoms with Crippen molar-refractivity contribution in [3.8, 4) is 5.75 Å². The highest BCUT2D eigenvalue weighted by molar-refractivity contribution is 5.75. The molecule has 0 radical (unpaired) electrons. The molecule has 1 aromatic rings. The van der Waals surface area contributed by atoms with Crippen LogP contribution in [0.3, 0.4) is 0 Å². The lowest BCUT2D eigenvalue weighted by atomic mass is 9.98. The fraction of sp³-hybridized carbons (Fsp3) is 0.462. The zero-order chi connectivity index (χ0) is 16.2. The van der Waals surface area contributed by atoms with Crippen LogP contribution in [0.2, 0.25) is 0 Å². The van der Waals surface area contributed by atoms with E-state index in [-0.39, 0.29) is 12.4 Å². The Morgan fingerprint density at radius 1 is 1.33 bits per heavy atom. The Morgan fingerprint density at radius 3 is 2.43 bits per heavy atom. The van der Waals surface area contributed by atoms with Gasteiger partial charge in [0, 0.05) is 0 Å². The molecule has 8 heteroatoms. The van der Waals surface area contributed by atoms with E-state index < -0.39 is 35.5 Å². The van der Waals surface area contributed by atoms with Crippen molar-refractivity contribution in [2.45, 2.75) is 25.3 Å². The summed E-state index contributed by atoms with van der Waals surface area (Å²) >= 11 is 0. The number of carbonyl (C=O) groups excluding carboxylic acids is 1. The molecule has 2 N–H and O–H groups in total. The first-order valence-corrected chi connectivity index (χ1v) is 6.00. The summed E-state index contributed by atoms with van der Waals surface area (Å²) in [7, 11) is 1.19. The van der Waals surface area contributed by atoms with Gasteiger partial charge in [0.15, 0.2) is 6.10 Å². The van der Waals surface area contributed by atoms with Gasteiger partial charge in [-0.1, -0.05) is 6.07 Å². The number of aliphatic hydroxyl groups excluding tert-OH is 2. The van der Waals surface area contributed by atoms with Crippen LogP contribution in [-0.2, 0) is 15.7 Å². The van der Waals surface area contributed by atoms with Crippen LogP contribution in [0, 0.1) is 0 Å². The average molecular weight is 308 g/mol. The Bertz CT molecular complexity index is 501. The highest BCUT2D eigenvalue weighted by atomic mass is 19.4. The summed E-state index contributed by atoms with van der Waals surface area (Å²) in [6.07, 6.45) is -8.95. The number of ether oxygens (including phenoxy) is 2. The molecular weight excluding hydrogens is 293 g/mol. The predicted molar refractivity (Wildman–Crippen MR) is 65.6 cm³/mol. The molecule has 2 unspecified atom stereocenters. The predicted octanol–water partition coefficient (Wildman–Crippen LogP) is 1.67. The van der Waals surface area contributed by atoms with Gasteiger partial charge in [-0.15, -0.1) is 0 Å². The van der Waals surface area contributed by atoms with Crippen LogP contribution < -0.4 is 4.74 Å². The minimum absolute atomic E-state index is 0.0658. The number of alkyl halides is 3. The molecule has 21 heavy (non-hydrogen) atoms. The molecule has 0 bridgehead atoms. The summed E-state index contributed by atoms with van der Waals surface area (Å²) in [6.45, 7) is 1.39. The van der Waals surface area contributed by atoms with Gasteiger partial charge in [-0.05, 0) is 24.6 Å². The van der Waals surface area contributed by atoms with E-state index in [1.165, 1.54) is 20.1 Å². The van der Waals surface area contributed by atoms with E-state index >= 15 is 0 Å². The van der Waals surface area contributed by atoms with Crippen LogP contribution in [0.4, 0.5) is 13.2 Å². The summed E-state index contributed by atoms with van der Waals surface area (Å²) < 4.78 is 48.1. The van der Waals surface area contributed by atoms with E-state index in [0.29, 0.717) is 6.07 Å². The van der Waals surface area contributed by atoms with Crippen LogP contribution in [0.25, 0.3) is 0 Å². The molecule has 118 valence electrons. The first-order chi connectivity index (χ1) is 9.72. The maximum absolute atomic E-state index is 13.0. The van der Waals surface area contributed by atoms with Gasteiger partial charge in [0.2, 0.25) is 0 Å². The molecule has 0 aromatic heterocycles. The Morgan fingerprint density at radius 2 is 1.95 bits per heavy atom. The number of aliphatic hydroxyl groups is 2. The second kappa shape index (κ2) is 6.77. The molecular formula is C13H15F3O5. The normalized spacial score (nSPS) is 14.4. The van der Waals surface area contributed by atoms with Crippen molar-refractivity contribution in [2.75, 3.05) is 13.7 Å². The molecule has 0 aliphatic rings. The zero-order valence-corrected chi connectivity index (χ0v) is 11.3. The van der Waals surface area contributed by atoms with Crippen molar-refractivity contribution in [3.63, 3.8) is 0 Å². The SMILES string of the molecule is CCOC(=O)C(O)C(O)c1ccc(OC)cc1C(F)(F)F. The highest BCUT2D eigenvalue weighted by Crippen LogP contribution is 2.37. The number of methoxy groups -OCH3 is 1. The fourth-order valence-electron chi connectivity index (χ4n) is 1.69. The molecule has 5 nitrogen and oxygen atoms in total. The minimum atomic E-state index is -4.78. The van der Waals surface area contributed by atoms with E-state index in [2.05, 4.69) is 4.74 Å². The molecule has 0 heterocycles. The van der Waals surface area contributed by atoms with Crippen LogP contribution in [0.5, 0.6) is 5.75 Å². The molecule has 1 aromatic carbocycles. The Labute approximate surface area is 118 Å². The minimum Gasteiger partial charge on any atom is -0.497 e. The molecule has 0 saturated carbocycles. The van der Waals surface area contributed by atoms with Gasteiger partial charge in [0.05, 0.1) is 19.3 Å². The fourth-order valence-corrected chi connectivity index (χ4v) is 1.69. The van der Waals surface area contributed by atoms with Gasteiger partial charge in [-0.25, -0.2) is 4.79 Å². The maximum atomic E-state index is 13.0. The summed E-state index contributed by atoms with van der Waals surface area (Å²) in [5.41, 5.74) is -1.83. The molecule has 0 aliphatic carbocycles. The lowest BCUT2D eigenvalue weighted by Crippen LogP contribution is -2.31. The van der Waals surface area contributed by atoms with Crippen LogP contribution in [0.1, 0.15) is 24.2 Å². The smallest absolute Gasteiger partial charge is 0.416 e. The number of rotatable bonds is 5. The van der Waals surface area contributed by atoms with Crippen molar-refractivity contribution < 1.29 is 37.7 Å². The molecule has 0 amide bonds. The first kappa shape index (κ1) is 17.3. The summed E-state index contributed by atoms with van der Waals surface area (Å²) in [4.78, 5) is 11.3. The van der Waals surface area contributed by atoms with E-state index in [9.17, 15) is 28.2 Å². The number of hydrogen-bond acceptors (Lipinski definition) is 5. The van der Waals surface area contributed by atoms with E-state index in [1.54, 1.807) is 0 Å². The van der Waals surface area contributed by atoms with Gasteiger partial charge in [-0.3, -0.25) is 0 Å². The Hall–Kier alpha value is -1.80. The number of esters is 1. The highest BCUT2D eigenvalue weighted by Gasteiger charge is 2.38. The van der Waals surface area contributed by atoms with Crippen molar-refractivity contribution in [1.29, 1.82) is 0 Å². The summed E-state index contributed by atoms with van der Waals surface area (Å²) in [5, 5.41) is 19.4. The average Bonchev–Trinajstić information content (AvgIpc) is 2.44. The van der Waals surface area contributed by atoms with Gasteiger partial charge in [0.25, 0.3) is 0 Å². The second-order valence-electron chi connectivity index (χ2n) is 4.09. The number of hydrogen-bond donors (Lipinski definition) is 2. The summed E-state index contributed by atoms with van der Waals surface area (Å²) in [5.74, 6) is -1.27. The zero-order valence-electron chi connectivity index (χ0n) is 11.3. The molecule has 0 fully saturated rings. The molecule has 0 aliphatic heterocycles. The maximum Gasteiger partial charge on any atom is 0.416 e. The van der Waals surface area contributed by atoms with E-state index in [4.69, 9.17) is 4.74 Å². The lowest BCUT2D eigenvalue weighted by molar-refractivity contribution is -0.161. The van der Waals surface area contributed by atoms with Crippen LogP contribution in [-0.4, -0.2) is 36.0 Å².